The summed E-state index contributed by atoms with van der Waals surface area (Å²) >= 11 is 0. The van der Waals surface area contributed by atoms with Crippen LogP contribution in [0.2, 0.25) is 19.6 Å². The lowest BCUT2D eigenvalue weighted by molar-refractivity contribution is -0.0435. The normalized spacial score (nSPS) is 13.2. The summed E-state index contributed by atoms with van der Waals surface area (Å²) in [6.45, 7) is 6.49. The van der Waals surface area contributed by atoms with E-state index in [2.05, 4.69) is 31.1 Å². The Balaban J connectivity index is 2.01. The number of halogens is 3. The molecule has 0 unspecified atom stereocenters. The van der Waals surface area contributed by atoms with Gasteiger partial charge < -0.3 is 0 Å². The second kappa shape index (κ2) is 6.22. The quantitative estimate of drug-likeness (QED) is 0.208. The average Bonchev–Trinajstić information content (AvgIpc) is 2.62. The van der Waals surface area contributed by atoms with Crippen LogP contribution in [0.1, 0.15) is 5.56 Å². The van der Waals surface area contributed by atoms with Crippen molar-refractivity contribution in [3.8, 4) is 11.5 Å². The topological polar surface area (TPSA) is 34.1 Å². The van der Waals surface area contributed by atoms with Gasteiger partial charge in [0, 0.05) is 5.56 Å². The lowest BCUT2D eigenvalue weighted by Gasteiger charge is -2.14. The van der Waals surface area contributed by atoms with Gasteiger partial charge in [0.1, 0.15) is 8.07 Å². The van der Waals surface area contributed by atoms with E-state index in [0.29, 0.717) is 10.8 Å². The summed E-state index contributed by atoms with van der Waals surface area (Å²) in [5.41, 5.74) is -1.11. The van der Waals surface area contributed by atoms with Crippen molar-refractivity contribution in [3.05, 3.63) is 54.1 Å². The molecule has 0 saturated heterocycles. The number of hydrogen-bond donors (Lipinski definition) is 0. The Hall–Kier alpha value is -2.56. The van der Waals surface area contributed by atoms with Crippen LogP contribution in [0.3, 0.4) is 0 Å². The third kappa shape index (κ3) is 3.37. The van der Waals surface area contributed by atoms with Crippen LogP contribution in [-0.4, -0.2) is 22.0 Å². The lowest BCUT2D eigenvalue weighted by atomic mass is 9.93. The molecular formula is C22H17F3O2SSi. The molecule has 0 aliphatic rings. The highest BCUT2D eigenvalue weighted by Crippen LogP contribution is 2.39. The molecule has 0 aromatic heterocycles. The maximum absolute atomic E-state index is 13.0. The van der Waals surface area contributed by atoms with E-state index in [0.717, 1.165) is 39.2 Å². The molecule has 0 aliphatic carbocycles. The van der Waals surface area contributed by atoms with Gasteiger partial charge in [-0.2, -0.15) is 13.2 Å². The van der Waals surface area contributed by atoms with Crippen LogP contribution in [0.25, 0.3) is 32.3 Å². The molecule has 0 aliphatic heterocycles. The number of benzene rings is 4. The molecule has 0 bridgehead atoms. The van der Waals surface area contributed by atoms with E-state index in [-0.39, 0.29) is 0 Å². The number of alkyl halides is 3. The van der Waals surface area contributed by atoms with Gasteiger partial charge in [-0.25, -0.2) is 8.42 Å². The minimum Gasteiger partial charge on any atom is -0.214 e. The zero-order valence-corrected chi connectivity index (χ0v) is 17.8. The fourth-order valence-corrected chi connectivity index (χ4v) is 4.78. The third-order valence-corrected chi connectivity index (χ3v) is 7.04. The van der Waals surface area contributed by atoms with E-state index < -0.39 is 28.3 Å². The smallest absolute Gasteiger partial charge is 0.214 e. The Labute approximate surface area is 167 Å². The summed E-state index contributed by atoms with van der Waals surface area (Å²) < 4.78 is 62.8. The molecule has 7 heteroatoms. The molecule has 2 nitrogen and oxygen atoms in total. The van der Waals surface area contributed by atoms with Crippen molar-refractivity contribution in [1.82, 2.24) is 0 Å². The Morgan fingerprint density at radius 2 is 1.21 bits per heavy atom. The van der Waals surface area contributed by atoms with Crippen LogP contribution in [0.5, 0.6) is 0 Å². The zero-order chi connectivity index (χ0) is 21.2. The van der Waals surface area contributed by atoms with Gasteiger partial charge in [0.05, 0.1) is 4.90 Å². The van der Waals surface area contributed by atoms with Crippen molar-refractivity contribution in [1.29, 1.82) is 0 Å². The summed E-state index contributed by atoms with van der Waals surface area (Å²) in [5.74, 6) is 3.24. The van der Waals surface area contributed by atoms with E-state index >= 15 is 0 Å². The number of sulfone groups is 1. The van der Waals surface area contributed by atoms with Crippen LogP contribution >= 0.6 is 0 Å². The molecule has 4 aromatic carbocycles. The lowest BCUT2D eigenvalue weighted by Crippen LogP contribution is -2.23. The van der Waals surface area contributed by atoms with Gasteiger partial charge in [0.15, 0.2) is 0 Å². The van der Waals surface area contributed by atoms with Crippen molar-refractivity contribution in [2.24, 2.45) is 0 Å². The highest BCUT2D eigenvalue weighted by Gasteiger charge is 2.47. The molecule has 148 valence electrons. The Morgan fingerprint density at radius 1 is 0.793 bits per heavy atom. The van der Waals surface area contributed by atoms with E-state index in [1.165, 1.54) is 0 Å². The van der Waals surface area contributed by atoms with E-state index in [4.69, 9.17) is 0 Å². The van der Waals surface area contributed by atoms with Crippen molar-refractivity contribution in [3.63, 3.8) is 0 Å². The van der Waals surface area contributed by atoms with E-state index in [1.807, 2.05) is 12.1 Å². The van der Waals surface area contributed by atoms with Gasteiger partial charge in [0.2, 0.25) is 0 Å². The van der Waals surface area contributed by atoms with Gasteiger partial charge in [-0.15, -0.1) is 5.54 Å². The van der Waals surface area contributed by atoms with Crippen LogP contribution < -0.4 is 0 Å². The number of hydrogen-bond acceptors (Lipinski definition) is 2. The molecule has 29 heavy (non-hydrogen) atoms. The summed E-state index contributed by atoms with van der Waals surface area (Å²) in [7, 11) is -6.94. The minimum absolute atomic E-state index is 0.462. The number of rotatable bonds is 1. The van der Waals surface area contributed by atoms with Gasteiger partial charge in [-0.3, -0.25) is 0 Å². The van der Waals surface area contributed by atoms with Crippen LogP contribution in [-0.2, 0) is 9.84 Å². The van der Waals surface area contributed by atoms with Crippen molar-refractivity contribution >= 4 is 50.2 Å². The molecule has 4 rings (SSSR count). The fraction of sp³-hybridized carbons (Fsp3) is 0.182. The second-order valence-corrected chi connectivity index (χ2v) is 14.8. The molecule has 0 spiro atoms. The summed E-state index contributed by atoms with van der Waals surface area (Å²) in [5, 5.41) is 4.42. The average molecular weight is 431 g/mol. The SMILES string of the molecule is C[Si](C)(C)C#Cc1cc2ccc3cc(S(=O)(=O)C(F)(F)F)cc4ccc(c1)c2c34. The van der Waals surface area contributed by atoms with Crippen molar-refractivity contribution in [2.45, 2.75) is 30.0 Å². The zero-order valence-electron chi connectivity index (χ0n) is 16.0. The largest absolute Gasteiger partial charge is 0.501 e. The maximum atomic E-state index is 13.0. The molecule has 0 N–H and O–H groups in total. The first kappa shape index (κ1) is 19.7. The van der Waals surface area contributed by atoms with Crippen molar-refractivity contribution < 1.29 is 21.6 Å². The molecule has 4 aromatic rings. The Kier molecular flexibility index (Phi) is 4.23. The standard InChI is InChI=1S/C22H17F3O2SSi/c1-29(2,3)9-8-14-10-15-4-6-17-12-19(28(26,27)22(23,24)25)13-18-7-5-16(11-14)20(15)21(17)18/h4-7,10-13H,1-3H3. The monoisotopic (exact) mass is 430 g/mol. The molecule has 0 amide bonds. The first-order valence-corrected chi connectivity index (χ1v) is 13.9. The van der Waals surface area contributed by atoms with Crippen LogP contribution in [0.4, 0.5) is 13.2 Å². The summed E-state index contributed by atoms with van der Waals surface area (Å²) in [4.78, 5) is -0.738. The van der Waals surface area contributed by atoms with Crippen LogP contribution in [0.15, 0.2) is 53.4 Å². The van der Waals surface area contributed by atoms with E-state index in [9.17, 15) is 21.6 Å². The minimum atomic E-state index is -5.41. The fourth-order valence-electron chi connectivity index (χ4n) is 3.43. The molecule has 0 radical (unpaired) electrons. The third-order valence-electron chi connectivity index (χ3n) is 4.70. The molecular weight excluding hydrogens is 413 g/mol. The highest BCUT2D eigenvalue weighted by atomic mass is 32.2. The Bertz CT molecular complexity index is 1370. The first-order valence-electron chi connectivity index (χ1n) is 8.94. The highest BCUT2D eigenvalue weighted by molar-refractivity contribution is 7.92. The molecule has 0 atom stereocenters. The molecule has 0 saturated carbocycles. The maximum Gasteiger partial charge on any atom is 0.501 e. The Morgan fingerprint density at radius 3 is 1.59 bits per heavy atom. The summed E-state index contributed by atoms with van der Waals surface area (Å²) in [6.07, 6.45) is 0. The molecule has 0 heterocycles. The van der Waals surface area contributed by atoms with Gasteiger partial charge in [-0.05, 0) is 56.6 Å². The van der Waals surface area contributed by atoms with Gasteiger partial charge in [0.25, 0.3) is 9.84 Å². The first-order chi connectivity index (χ1) is 13.4. The van der Waals surface area contributed by atoms with Gasteiger partial charge >= 0.3 is 5.51 Å². The molecule has 0 fully saturated rings. The summed E-state index contributed by atoms with van der Waals surface area (Å²) in [6, 6.07) is 13.1. The van der Waals surface area contributed by atoms with Gasteiger partial charge in [-0.1, -0.05) is 49.8 Å². The van der Waals surface area contributed by atoms with E-state index in [1.54, 1.807) is 24.3 Å². The van der Waals surface area contributed by atoms with Crippen molar-refractivity contribution in [2.75, 3.05) is 0 Å². The second-order valence-electron chi connectivity index (χ2n) is 8.12. The van der Waals surface area contributed by atoms with Crippen LogP contribution in [0, 0.1) is 11.5 Å². The predicted octanol–water partition coefficient (Wildman–Crippen LogP) is 6.11. The predicted molar refractivity (Wildman–Crippen MR) is 114 cm³/mol.